The van der Waals surface area contributed by atoms with Gasteiger partial charge in [0.25, 0.3) is 0 Å². The van der Waals surface area contributed by atoms with Crippen molar-refractivity contribution < 1.29 is 0 Å². The summed E-state index contributed by atoms with van der Waals surface area (Å²) in [6, 6.07) is 0. The average molecular weight is 243 g/mol. The topological polar surface area (TPSA) is 26.0 Å². The Morgan fingerprint density at radius 3 is 2.67 bits per heavy atom. The van der Waals surface area contributed by atoms with Gasteiger partial charge in [-0.25, -0.2) is 0 Å². The molecular weight excluding hydrogens is 218 g/mol. The summed E-state index contributed by atoms with van der Waals surface area (Å²) >= 11 is 0. The van der Waals surface area contributed by atoms with Crippen molar-refractivity contribution in [1.82, 2.24) is 0 Å². The van der Waals surface area contributed by atoms with Gasteiger partial charge in [0.15, 0.2) is 0 Å². The highest BCUT2D eigenvalue weighted by molar-refractivity contribution is 5.37. The first-order valence-corrected chi connectivity index (χ1v) is 7.08. The molecule has 2 saturated carbocycles. The van der Waals surface area contributed by atoms with E-state index in [1.807, 2.05) is 0 Å². The van der Waals surface area contributed by atoms with Crippen molar-refractivity contribution >= 4 is 0 Å². The molecule has 18 heavy (non-hydrogen) atoms. The van der Waals surface area contributed by atoms with Gasteiger partial charge in [-0.1, -0.05) is 44.2 Å². The second-order valence-corrected chi connectivity index (χ2v) is 5.75. The molecule has 0 radical (unpaired) electrons. The molecule has 1 heteroatoms. The lowest BCUT2D eigenvalue weighted by molar-refractivity contribution is 0.345. The second-order valence-electron chi connectivity index (χ2n) is 5.75. The fourth-order valence-electron chi connectivity index (χ4n) is 3.02. The van der Waals surface area contributed by atoms with Crippen LogP contribution in [0.25, 0.3) is 0 Å². The summed E-state index contributed by atoms with van der Waals surface area (Å²) in [7, 11) is 0. The van der Waals surface area contributed by atoms with Gasteiger partial charge >= 0.3 is 0 Å². The van der Waals surface area contributed by atoms with Gasteiger partial charge < -0.3 is 5.73 Å². The molecular formula is C17H25N. The minimum atomic E-state index is 0.445. The Morgan fingerprint density at radius 2 is 2.11 bits per heavy atom. The number of hydrogen-bond donors (Lipinski definition) is 1. The lowest BCUT2D eigenvalue weighted by Crippen LogP contribution is -2.27. The van der Waals surface area contributed by atoms with E-state index in [1.165, 1.54) is 30.4 Å². The molecule has 0 aromatic heterocycles. The van der Waals surface area contributed by atoms with Crippen molar-refractivity contribution in [3.05, 3.63) is 48.2 Å². The van der Waals surface area contributed by atoms with E-state index in [4.69, 9.17) is 5.73 Å². The van der Waals surface area contributed by atoms with Gasteiger partial charge in [0.05, 0.1) is 0 Å². The predicted octanol–water partition coefficient (Wildman–Crippen LogP) is 4.34. The molecule has 0 saturated heterocycles. The monoisotopic (exact) mass is 243 g/mol. The van der Waals surface area contributed by atoms with Gasteiger partial charge in [-0.3, -0.25) is 0 Å². The van der Waals surface area contributed by atoms with Gasteiger partial charge in [-0.05, 0) is 49.2 Å². The van der Waals surface area contributed by atoms with Crippen LogP contribution in [0.2, 0.25) is 0 Å². The Hall–Kier alpha value is -1.24. The zero-order chi connectivity index (χ0) is 13.1. The summed E-state index contributed by atoms with van der Waals surface area (Å²) in [6.07, 6.45) is 12.7. The molecule has 2 aliphatic rings. The van der Waals surface area contributed by atoms with Gasteiger partial charge in [-0.2, -0.15) is 0 Å². The normalized spacial score (nSPS) is 31.2. The van der Waals surface area contributed by atoms with E-state index in [0.29, 0.717) is 11.8 Å². The standard InChI is InChI=1S/C17H25N/c1-4-5-6-15-9-10-16(13(3)18)17(12(15)2)11-14-7-8-14/h4-6,14,16-17H,2-3,7-11,18H2,1H3/b5-4-,15-6-. The van der Waals surface area contributed by atoms with Crippen LogP contribution in [0.5, 0.6) is 0 Å². The van der Waals surface area contributed by atoms with Crippen molar-refractivity contribution in [3.63, 3.8) is 0 Å². The fraction of sp³-hybridized carbons (Fsp3) is 0.529. The van der Waals surface area contributed by atoms with Gasteiger partial charge in [0.1, 0.15) is 0 Å². The molecule has 2 fully saturated rings. The molecule has 0 heterocycles. The predicted molar refractivity (Wildman–Crippen MR) is 78.9 cm³/mol. The second kappa shape index (κ2) is 5.60. The number of nitrogens with two attached hydrogens (primary N) is 1. The van der Waals surface area contributed by atoms with Crippen LogP contribution in [-0.2, 0) is 0 Å². The highest BCUT2D eigenvalue weighted by atomic mass is 14.6. The first-order chi connectivity index (χ1) is 8.63. The van der Waals surface area contributed by atoms with Crippen LogP contribution in [0.4, 0.5) is 0 Å². The molecule has 0 bridgehead atoms. The largest absolute Gasteiger partial charge is 0.402 e. The highest BCUT2D eigenvalue weighted by Crippen LogP contribution is 2.46. The number of rotatable bonds is 4. The van der Waals surface area contributed by atoms with Crippen LogP contribution in [0.1, 0.15) is 39.0 Å². The van der Waals surface area contributed by atoms with Crippen LogP contribution in [0.3, 0.4) is 0 Å². The maximum atomic E-state index is 5.99. The smallest absolute Gasteiger partial charge is 0.00502 e. The molecule has 2 atom stereocenters. The minimum Gasteiger partial charge on any atom is -0.402 e. The van der Waals surface area contributed by atoms with Gasteiger partial charge in [0, 0.05) is 11.6 Å². The molecule has 0 aromatic rings. The summed E-state index contributed by atoms with van der Waals surface area (Å²) in [4.78, 5) is 0. The third-order valence-electron chi connectivity index (χ3n) is 4.32. The Labute approximate surface area is 111 Å². The zero-order valence-electron chi connectivity index (χ0n) is 11.5. The molecule has 0 spiro atoms. The van der Waals surface area contributed by atoms with Crippen molar-refractivity contribution in [3.8, 4) is 0 Å². The van der Waals surface area contributed by atoms with Crippen molar-refractivity contribution in [2.45, 2.75) is 39.0 Å². The van der Waals surface area contributed by atoms with Crippen LogP contribution in [0, 0.1) is 17.8 Å². The molecule has 1 nitrogen and oxygen atoms in total. The summed E-state index contributed by atoms with van der Waals surface area (Å²) in [5.41, 5.74) is 9.57. The minimum absolute atomic E-state index is 0.445. The molecule has 0 aliphatic heterocycles. The van der Waals surface area contributed by atoms with E-state index in [1.54, 1.807) is 0 Å². The molecule has 2 aliphatic carbocycles. The maximum absolute atomic E-state index is 5.99. The van der Waals surface area contributed by atoms with Crippen molar-refractivity contribution in [1.29, 1.82) is 0 Å². The molecule has 0 amide bonds. The number of allylic oxidation sites excluding steroid dienone is 6. The lowest BCUT2D eigenvalue weighted by Gasteiger charge is -2.35. The van der Waals surface area contributed by atoms with E-state index in [9.17, 15) is 0 Å². The molecule has 2 unspecified atom stereocenters. The quantitative estimate of drug-likeness (QED) is 0.780. The lowest BCUT2D eigenvalue weighted by atomic mass is 9.70. The van der Waals surface area contributed by atoms with E-state index < -0.39 is 0 Å². The fourth-order valence-corrected chi connectivity index (χ4v) is 3.02. The Morgan fingerprint density at radius 1 is 1.39 bits per heavy atom. The van der Waals surface area contributed by atoms with Crippen LogP contribution in [-0.4, -0.2) is 0 Å². The molecule has 2 N–H and O–H groups in total. The Kier molecular flexibility index (Phi) is 4.11. The average Bonchev–Trinajstić information content (AvgIpc) is 3.13. The van der Waals surface area contributed by atoms with Crippen LogP contribution >= 0.6 is 0 Å². The first kappa shape index (κ1) is 13.2. The van der Waals surface area contributed by atoms with E-state index in [-0.39, 0.29) is 0 Å². The van der Waals surface area contributed by atoms with E-state index in [0.717, 1.165) is 24.5 Å². The Balaban J connectivity index is 2.15. The van der Waals surface area contributed by atoms with Gasteiger partial charge in [0.2, 0.25) is 0 Å². The number of hydrogen-bond acceptors (Lipinski definition) is 1. The zero-order valence-corrected chi connectivity index (χ0v) is 11.5. The third kappa shape index (κ3) is 2.95. The van der Waals surface area contributed by atoms with Crippen LogP contribution in [0.15, 0.2) is 48.2 Å². The molecule has 0 aromatic carbocycles. The van der Waals surface area contributed by atoms with Crippen LogP contribution < -0.4 is 5.73 Å². The van der Waals surface area contributed by atoms with Crippen molar-refractivity contribution in [2.24, 2.45) is 23.5 Å². The summed E-state index contributed by atoms with van der Waals surface area (Å²) < 4.78 is 0. The molecule has 2 rings (SSSR count). The summed E-state index contributed by atoms with van der Waals surface area (Å²) in [5.74, 6) is 1.88. The highest BCUT2D eigenvalue weighted by Gasteiger charge is 2.35. The summed E-state index contributed by atoms with van der Waals surface area (Å²) in [6.45, 7) is 10.4. The van der Waals surface area contributed by atoms with E-state index >= 15 is 0 Å². The molecule has 98 valence electrons. The third-order valence-corrected chi connectivity index (χ3v) is 4.32. The maximum Gasteiger partial charge on any atom is 0.00502 e. The van der Waals surface area contributed by atoms with Gasteiger partial charge in [-0.15, -0.1) is 0 Å². The first-order valence-electron chi connectivity index (χ1n) is 7.08. The Bertz CT molecular complexity index is 396. The van der Waals surface area contributed by atoms with Crippen molar-refractivity contribution in [2.75, 3.05) is 0 Å². The summed E-state index contributed by atoms with van der Waals surface area (Å²) in [5, 5.41) is 0. The SMILES string of the molecule is C=C(N)C1CC/C(=C/C=C\C)C(=C)C1CC1CC1. The van der Waals surface area contributed by atoms with E-state index in [2.05, 4.69) is 38.3 Å².